The summed E-state index contributed by atoms with van der Waals surface area (Å²) in [5.41, 5.74) is 0.737. The molecule has 1 amide bonds. The van der Waals surface area contributed by atoms with Crippen molar-refractivity contribution in [3.63, 3.8) is 0 Å². The Balaban J connectivity index is 2.04. The molecule has 0 aliphatic heterocycles. The maximum absolute atomic E-state index is 12.0. The molecule has 5 nitrogen and oxygen atoms in total. The average Bonchev–Trinajstić information content (AvgIpc) is 2.87. The van der Waals surface area contributed by atoms with Gasteiger partial charge in [0.2, 0.25) is 5.91 Å². The van der Waals surface area contributed by atoms with Gasteiger partial charge in [0.1, 0.15) is 11.3 Å². The van der Waals surface area contributed by atoms with E-state index in [-0.39, 0.29) is 12.5 Å². The normalized spacial score (nSPS) is 13.9. The number of carbonyl (C=O) groups excluding carboxylic acids is 1. The SMILES string of the molecule is CC(CNC(=O)C(C)c1cc2ccccc2o1)C(=O)O. The molecule has 2 atom stereocenters. The minimum Gasteiger partial charge on any atom is -0.481 e. The minimum atomic E-state index is -0.929. The molecule has 5 heteroatoms. The summed E-state index contributed by atoms with van der Waals surface area (Å²) >= 11 is 0. The molecule has 2 N–H and O–H groups in total. The number of para-hydroxylation sites is 1. The van der Waals surface area contributed by atoms with E-state index < -0.39 is 17.8 Å². The lowest BCUT2D eigenvalue weighted by atomic mass is 10.1. The van der Waals surface area contributed by atoms with Gasteiger partial charge in [0, 0.05) is 11.9 Å². The van der Waals surface area contributed by atoms with E-state index in [1.54, 1.807) is 13.8 Å². The number of fused-ring (bicyclic) bond motifs is 1. The second-order valence-electron chi connectivity index (χ2n) is 4.89. The topological polar surface area (TPSA) is 79.5 Å². The molecule has 0 saturated heterocycles. The van der Waals surface area contributed by atoms with Crippen LogP contribution in [0, 0.1) is 5.92 Å². The Morgan fingerprint density at radius 1 is 1.30 bits per heavy atom. The van der Waals surface area contributed by atoms with E-state index in [0.29, 0.717) is 5.76 Å². The molecule has 0 fully saturated rings. The van der Waals surface area contributed by atoms with E-state index in [2.05, 4.69) is 5.32 Å². The first-order valence-corrected chi connectivity index (χ1v) is 6.48. The van der Waals surface area contributed by atoms with E-state index in [1.165, 1.54) is 0 Å². The molecule has 0 spiro atoms. The number of rotatable bonds is 5. The van der Waals surface area contributed by atoms with Crippen molar-refractivity contribution < 1.29 is 19.1 Å². The lowest BCUT2D eigenvalue weighted by molar-refractivity contribution is -0.141. The summed E-state index contributed by atoms with van der Waals surface area (Å²) in [6, 6.07) is 9.37. The minimum absolute atomic E-state index is 0.110. The van der Waals surface area contributed by atoms with Crippen LogP contribution in [0.2, 0.25) is 0 Å². The summed E-state index contributed by atoms with van der Waals surface area (Å²) < 4.78 is 5.63. The van der Waals surface area contributed by atoms with Crippen molar-refractivity contribution >= 4 is 22.8 Å². The Morgan fingerprint density at radius 3 is 2.65 bits per heavy atom. The van der Waals surface area contributed by atoms with Gasteiger partial charge in [-0.15, -0.1) is 0 Å². The Morgan fingerprint density at radius 2 is 2.00 bits per heavy atom. The molecular weight excluding hydrogens is 258 g/mol. The molecule has 2 unspecified atom stereocenters. The molecule has 0 bridgehead atoms. The zero-order chi connectivity index (χ0) is 14.7. The summed E-state index contributed by atoms with van der Waals surface area (Å²) in [4.78, 5) is 22.7. The van der Waals surface area contributed by atoms with Crippen LogP contribution in [-0.4, -0.2) is 23.5 Å². The van der Waals surface area contributed by atoms with Crippen molar-refractivity contribution in [1.29, 1.82) is 0 Å². The van der Waals surface area contributed by atoms with Crippen LogP contribution >= 0.6 is 0 Å². The summed E-state index contributed by atoms with van der Waals surface area (Å²) in [5.74, 6) is -1.66. The monoisotopic (exact) mass is 275 g/mol. The van der Waals surface area contributed by atoms with Gasteiger partial charge < -0.3 is 14.8 Å². The maximum Gasteiger partial charge on any atom is 0.308 e. The number of hydrogen-bond donors (Lipinski definition) is 2. The number of carboxylic acids is 1. The Kier molecular flexibility index (Phi) is 4.08. The van der Waals surface area contributed by atoms with Crippen LogP contribution in [0.1, 0.15) is 25.5 Å². The van der Waals surface area contributed by atoms with Crippen LogP contribution in [0.3, 0.4) is 0 Å². The number of furan rings is 1. The van der Waals surface area contributed by atoms with Gasteiger partial charge in [-0.1, -0.05) is 25.1 Å². The van der Waals surface area contributed by atoms with Crippen molar-refractivity contribution in [2.75, 3.05) is 6.54 Å². The van der Waals surface area contributed by atoms with Crippen LogP contribution in [0.15, 0.2) is 34.7 Å². The maximum atomic E-state index is 12.0. The van der Waals surface area contributed by atoms with Crippen molar-refractivity contribution in [3.8, 4) is 0 Å². The van der Waals surface area contributed by atoms with Gasteiger partial charge in [-0.25, -0.2) is 0 Å². The molecule has 1 aromatic heterocycles. The smallest absolute Gasteiger partial charge is 0.308 e. The predicted molar refractivity (Wildman–Crippen MR) is 74.4 cm³/mol. The van der Waals surface area contributed by atoms with Gasteiger partial charge in [0.15, 0.2) is 0 Å². The molecule has 0 aliphatic carbocycles. The number of amides is 1. The first kappa shape index (κ1) is 14.1. The first-order chi connectivity index (χ1) is 9.49. The number of carboxylic acid groups (broad SMARTS) is 1. The van der Waals surface area contributed by atoms with Gasteiger partial charge in [0.05, 0.1) is 11.8 Å². The molecule has 0 radical (unpaired) electrons. The van der Waals surface area contributed by atoms with Crippen LogP contribution < -0.4 is 5.32 Å². The first-order valence-electron chi connectivity index (χ1n) is 6.48. The highest BCUT2D eigenvalue weighted by Crippen LogP contribution is 2.24. The van der Waals surface area contributed by atoms with E-state index in [9.17, 15) is 9.59 Å². The van der Waals surface area contributed by atoms with Gasteiger partial charge in [-0.05, 0) is 19.1 Å². The molecule has 20 heavy (non-hydrogen) atoms. The fraction of sp³-hybridized carbons (Fsp3) is 0.333. The molecule has 0 saturated carbocycles. The Hall–Kier alpha value is -2.30. The molecular formula is C15H17NO4. The van der Waals surface area contributed by atoms with E-state index in [1.807, 2.05) is 30.3 Å². The van der Waals surface area contributed by atoms with Crippen LogP contribution in [0.25, 0.3) is 11.0 Å². The van der Waals surface area contributed by atoms with Gasteiger partial charge in [-0.2, -0.15) is 0 Å². The lowest BCUT2D eigenvalue weighted by Gasteiger charge is -2.11. The van der Waals surface area contributed by atoms with Crippen molar-refractivity contribution in [2.45, 2.75) is 19.8 Å². The highest BCUT2D eigenvalue weighted by Gasteiger charge is 2.20. The molecule has 2 rings (SSSR count). The zero-order valence-corrected chi connectivity index (χ0v) is 11.4. The fourth-order valence-electron chi connectivity index (χ4n) is 1.84. The van der Waals surface area contributed by atoms with Gasteiger partial charge in [0.25, 0.3) is 0 Å². The zero-order valence-electron chi connectivity index (χ0n) is 11.4. The van der Waals surface area contributed by atoms with Crippen LogP contribution in [0.4, 0.5) is 0 Å². The van der Waals surface area contributed by atoms with Crippen molar-refractivity contribution in [3.05, 3.63) is 36.1 Å². The van der Waals surface area contributed by atoms with Crippen LogP contribution in [-0.2, 0) is 9.59 Å². The number of hydrogen-bond acceptors (Lipinski definition) is 3. The third-order valence-corrected chi connectivity index (χ3v) is 3.27. The second-order valence-corrected chi connectivity index (χ2v) is 4.89. The largest absolute Gasteiger partial charge is 0.481 e. The molecule has 0 aliphatic rings. The summed E-state index contributed by atoms with van der Waals surface area (Å²) in [7, 11) is 0. The van der Waals surface area contributed by atoms with Crippen molar-refractivity contribution in [1.82, 2.24) is 5.32 Å². The number of aliphatic carboxylic acids is 1. The highest BCUT2D eigenvalue weighted by molar-refractivity contribution is 5.85. The average molecular weight is 275 g/mol. The van der Waals surface area contributed by atoms with E-state index in [4.69, 9.17) is 9.52 Å². The number of carbonyl (C=O) groups is 2. The molecule has 106 valence electrons. The fourth-order valence-corrected chi connectivity index (χ4v) is 1.84. The summed E-state index contributed by atoms with van der Waals surface area (Å²) in [6.45, 7) is 3.39. The standard InChI is InChI=1S/C15H17NO4/c1-9(15(18)19)8-16-14(17)10(2)13-7-11-5-3-4-6-12(11)20-13/h3-7,9-10H,8H2,1-2H3,(H,16,17)(H,18,19). The summed E-state index contributed by atoms with van der Waals surface area (Å²) in [5, 5.41) is 12.3. The molecule has 1 heterocycles. The Bertz CT molecular complexity index is 599. The molecule has 1 aromatic carbocycles. The number of nitrogens with one attached hydrogen (secondary N) is 1. The van der Waals surface area contributed by atoms with Crippen LogP contribution in [0.5, 0.6) is 0 Å². The van der Waals surface area contributed by atoms with Crippen molar-refractivity contribution in [2.24, 2.45) is 5.92 Å². The molecule has 2 aromatic rings. The van der Waals surface area contributed by atoms with Gasteiger partial charge in [-0.3, -0.25) is 9.59 Å². The van der Waals surface area contributed by atoms with Gasteiger partial charge >= 0.3 is 5.97 Å². The second kappa shape index (κ2) is 5.77. The third kappa shape index (κ3) is 2.99. The van der Waals surface area contributed by atoms with E-state index in [0.717, 1.165) is 11.0 Å². The summed E-state index contributed by atoms with van der Waals surface area (Å²) in [6.07, 6.45) is 0. The predicted octanol–water partition coefficient (Wildman–Crippen LogP) is 2.37. The lowest BCUT2D eigenvalue weighted by Crippen LogP contribution is -2.34. The number of benzene rings is 1. The van der Waals surface area contributed by atoms with E-state index >= 15 is 0 Å². The Labute approximate surface area is 116 Å². The third-order valence-electron chi connectivity index (χ3n) is 3.27. The quantitative estimate of drug-likeness (QED) is 0.878. The highest BCUT2D eigenvalue weighted by atomic mass is 16.4.